The predicted molar refractivity (Wildman–Crippen MR) is 62.8 cm³/mol. The summed E-state index contributed by atoms with van der Waals surface area (Å²) in [6.07, 6.45) is 4.20. The van der Waals surface area contributed by atoms with E-state index in [1.807, 2.05) is 0 Å². The lowest BCUT2D eigenvalue weighted by atomic mass is 9.95. The Hall–Kier alpha value is -1.20. The van der Waals surface area contributed by atoms with E-state index < -0.39 is 5.60 Å². The minimum Gasteiger partial charge on any atom is -0.388 e. The van der Waals surface area contributed by atoms with Gasteiger partial charge in [0, 0.05) is 13.1 Å². The van der Waals surface area contributed by atoms with E-state index in [-0.39, 0.29) is 16.8 Å². The molecular weight excluding hydrogens is 242 g/mol. The summed E-state index contributed by atoms with van der Waals surface area (Å²) in [5, 5.41) is 10.2. The summed E-state index contributed by atoms with van der Waals surface area (Å²) >= 11 is 5.61. The van der Waals surface area contributed by atoms with Crippen molar-refractivity contribution in [1.82, 2.24) is 14.9 Å². The quantitative estimate of drug-likeness (QED) is 0.817. The van der Waals surface area contributed by atoms with E-state index in [0.29, 0.717) is 19.5 Å². The molecule has 1 fully saturated rings. The third-order valence-corrected chi connectivity index (χ3v) is 3.00. The van der Waals surface area contributed by atoms with Crippen LogP contribution in [0.3, 0.4) is 0 Å². The van der Waals surface area contributed by atoms with E-state index in [9.17, 15) is 9.90 Å². The first-order chi connectivity index (χ1) is 7.98. The van der Waals surface area contributed by atoms with Gasteiger partial charge in [-0.05, 0) is 19.8 Å². The van der Waals surface area contributed by atoms with Crippen molar-refractivity contribution in [3.63, 3.8) is 0 Å². The molecule has 1 aromatic rings. The largest absolute Gasteiger partial charge is 0.388 e. The van der Waals surface area contributed by atoms with Crippen molar-refractivity contribution in [1.29, 1.82) is 0 Å². The molecule has 1 N–H and O–H groups in total. The second-order valence-electron chi connectivity index (χ2n) is 4.55. The lowest BCUT2D eigenvalue weighted by Crippen LogP contribution is -2.48. The van der Waals surface area contributed by atoms with Gasteiger partial charge in [0.25, 0.3) is 5.91 Å². The van der Waals surface area contributed by atoms with Gasteiger partial charge in [0.1, 0.15) is 10.8 Å². The second kappa shape index (κ2) is 4.58. The molecule has 92 valence electrons. The lowest BCUT2D eigenvalue weighted by molar-refractivity contribution is -0.0109. The molecular formula is C11H14ClN3O2. The first-order valence-electron chi connectivity index (χ1n) is 5.47. The normalized spacial score (nSPS) is 24.8. The third kappa shape index (κ3) is 2.92. The van der Waals surface area contributed by atoms with Crippen LogP contribution in [0.5, 0.6) is 0 Å². The van der Waals surface area contributed by atoms with Gasteiger partial charge in [0.2, 0.25) is 0 Å². The molecule has 2 heterocycles. The second-order valence-corrected chi connectivity index (χ2v) is 4.94. The monoisotopic (exact) mass is 255 g/mol. The summed E-state index contributed by atoms with van der Waals surface area (Å²) in [6.45, 7) is 2.70. The number of nitrogens with zero attached hydrogens (tertiary/aromatic N) is 3. The number of β-amino-alcohol motifs (C(OH)–C–C–N with tert-alkyl or cyclic N) is 1. The van der Waals surface area contributed by atoms with Gasteiger partial charge in [-0.2, -0.15) is 0 Å². The molecule has 5 nitrogen and oxygen atoms in total. The fraction of sp³-hybridized carbons (Fsp3) is 0.545. The Kier molecular flexibility index (Phi) is 3.31. The van der Waals surface area contributed by atoms with Gasteiger partial charge in [-0.3, -0.25) is 4.79 Å². The lowest BCUT2D eigenvalue weighted by Gasteiger charge is -2.36. The summed E-state index contributed by atoms with van der Waals surface area (Å²) in [6, 6.07) is 0. The van der Waals surface area contributed by atoms with Gasteiger partial charge in [-0.15, -0.1) is 0 Å². The SMILES string of the molecule is CC1(O)CCCN(C(=O)c2cnc(Cl)cn2)C1. The number of aliphatic hydroxyl groups is 1. The van der Waals surface area contributed by atoms with Gasteiger partial charge in [0.05, 0.1) is 18.0 Å². The summed E-state index contributed by atoms with van der Waals surface area (Å²) in [4.78, 5) is 21.4. The average molecular weight is 256 g/mol. The van der Waals surface area contributed by atoms with Crippen LogP contribution in [0.2, 0.25) is 5.15 Å². The number of carbonyl (C=O) groups is 1. The van der Waals surface area contributed by atoms with Gasteiger partial charge in [-0.25, -0.2) is 9.97 Å². The van der Waals surface area contributed by atoms with Crippen molar-refractivity contribution < 1.29 is 9.90 Å². The Balaban J connectivity index is 2.12. The van der Waals surface area contributed by atoms with Crippen LogP contribution in [0.1, 0.15) is 30.3 Å². The zero-order valence-electron chi connectivity index (χ0n) is 9.56. The first-order valence-corrected chi connectivity index (χ1v) is 5.85. The molecule has 1 aromatic heterocycles. The summed E-state index contributed by atoms with van der Waals surface area (Å²) < 4.78 is 0. The zero-order valence-corrected chi connectivity index (χ0v) is 10.3. The van der Waals surface area contributed by atoms with Crippen LogP contribution in [0.4, 0.5) is 0 Å². The van der Waals surface area contributed by atoms with E-state index in [4.69, 9.17) is 11.6 Å². The van der Waals surface area contributed by atoms with Crippen molar-refractivity contribution >= 4 is 17.5 Å². The molecule has 1 amide bonds. The highest BCUT2D eigenvalue weighted by atomic mass is 35.5. The molecule has 1 atom stereocenters. The van der Waals surface area contributed by atoms with Crippen molar-refractivity contribution in [3.8, 4) is 0 Å². The maximum Gasteiger partial charge on any atom is 0.274 e. The van der Waals surface area contributed by atoms with Crippen molar-refractivity contribution in [2.75, 3.05) is 13.1 Å². The summed E-state index contributed by atoms with van der Waals surface area (Å²) in [5.41, 5.74) is -0.555. The Morgan fingerprint density at radius 1 is 1.53 bits per heavy atom. The van der Waals surface area contributed by atoms with Crippen LogP contribution >= 0.6 is 11.6 Å². The Morgan fingerprint density at radius 2 is 2.29 bits per heavy atom. The highest BCUT2D eigenvalue weighted by Crippen LogP contribution is 2.21. The Bertz CT molecular complexity index is 419. The minimum atomic E-state index is -0.812. The number of hydrogen-bond donors (Lipinski definition) is 1. The van der Waals surface area contributed by atoms with E-state index in [1.54, 1.807) is 11.8 Å². The number of aromatic nitrogens is 2. The predicted octanol–water partition coefficient (Wildman–Crippen LogP) is 1.12. The highest BCUT2D eigenvalue weighted by molar-refractivity contribution is 6.29. The van der Waals surface area contributed by atoms with Crippen molar-refractivity contribution in [3.05, 3.63) is 23.2 Å². The smallest absolute Gasteiger partial charge is 0.274 e. The number of likely N-dealkylation sites (tertiary alicyclic amines) is 1. The molecule has 2 rings (SSSR count). The number of carbonyl (C=O) groups excluding carboxylic acids is 1. The highest BCUT2D eigenvalue weighted by Gasteiger charge is 2.31. The molecule has 0 radical (unpaired) electrons. The maximum atomic E-state index is 12.1. The van der Waals surface area contributed by atoms with E-state index in [2.05, 4.69) is 9.97 Å². The molecule has 0 bridgehead atoms. The van der Waals surface area contributed by atoms with Crippen molar-refractivity contribution in [2.24, 2.45) is 0 Å². The van der Waals surface area contributed by atoms with Gasteiger partial charge in [0.15, 0.2) is 0 Å². The van der Waals surface area contributed by atoms with Crippen LogP contribution in [0.15, 0.2) is 12.4 Å². The van der Waals surface area contributed by atoms with Gasteiger partial charge in [-0.1, -0.05) is 11.6 Å². The van der Waals surface area contributed by atoms with E-state index in [0.717, 1.165) is 6.42 Å². The van der Waals surface area contributed by atoms with Crippen LogP contribution in [-0.4, -0.2) is 44.6 Å². The molecule has 0 spiro atoms. The molecule has 6 heteroatoms. The maximum absolute atomic E-state index is 12.1. The fourth-order valence-electron chi connectivity index (χ4n) is 1.98. The van der Waals surface area contributed by atoms with Crippen molar-refractivity contribution in [2.45, 2.75) is 25.4 Å². The van der Waals surface area contributed by atoms with Gasteiger partial charge >= 0.3 is 0 Å². The summed E-state index contributed by atoms with van der Waals surface area (Å²) in [7, 11) is 0. The van der Waals surface area contributed by atoms with E-state index >= 15 is 0 Å². The molecule has 1 unspecified atom stereocenters. The number of piperidine rings is 1. The zero-order chi connectivity index (χ0) is 12.5. The minimum absolute atomic E-state index is 0.214. The fourth-order valence-corrected chi connectivity index (χ4v) is 2.08. The van der Waals surface area contributed by atoms with E-state index in [1.165, 1.54) is 12.4 Å². The topological polar surface area (TPSA) is 66.3 Å². The Morgan fingerprint density at radius 3 is 2.88 bits per heavy atom. The summed E-state index contributed by atoms with van der Waals surface area (Å²) in [5.74, 6) is -0.214. The van der Waals surface area contributed by atoms with Crippen LogP contribution in [0, 0.1) is 0 Å². The molecule has 0 aromatic carbocycles. The molecule has 1 aliphatic rings. The first kappa shape index (κ1) is 12.3. The van der Waals surface area contributed by atoms with Crippen LogP contribution in [-0.2, 0) is 0 Å². The number of halogens is 1. The standard InChI is InChI=1S/C11H14ClN3O2/c1-11(17)3-2-4-15(7-11)10(16)8-5-14-9(12)6-13-8/h5-6,17H,2-4,7H2,1H3. The molecule has 1 aliphatic heterocycles. The molecule has 0 saturated carbocycles. The van der Waals surface area contributed by atoms with Crippen LogP contribution < -0.4 is 0 Å². The average Bonchev–Trinajstić information content (AvgIpc) is 2.28. The Labute approximate surface area is 104 Å². The number of rotatable bonds is 1. The van der Waals surface area contributed by atoms with Gasteiger partial charge < -0.3 is 10.0 Å². The third-order valence-electron chi connectivity index (χ3n) is 2.80. The molecule has 0 aliphatic carbocycles. The van der Waals surface area contributed by atoms with Crippen LogP contribution in [0.25, 0.3) is 0 Å². The number of hydrogen-bond acceptors (Lipinski definition) is 4. The number of amides is 1. The molecule has 1 saturated heterocycles. The molecule has 17 heavy (non-hydrogen) atoms.